The first-order chi connectivity index (χ1) is 8.50. The molecule has 1 unspecified atom stereocenters. The van der Waals surface area contributed by atoms with Crippen LogP contribution in [0.4, 0.5) is 0 Å². The van der Waals surface area contributed by atoms with Crippen LogP contribution in [-0.4, -0.2) is 46.4 Å². The molecule has 1 saturated heterocycles. The smallest absolute Gasteiger partial charge is 0.133 e. The minimum Gasteiger partial charge on any atom is -0.394 e. The number of halogens is 1. The van der Waals surface area contributed by atoms with Gasteiger partial charge in [0.25, 0.3) is 0 Å². The minimum absolute atomic E-state index is 0.0424. The maximum atomic E-state index is 9.27. The monoisotopic (exact) mass is 270 g/mol. The maximum Gasteiger partial charge on any atom is 0.133 e. The average Bonchev–Trinajstić information content (AvgIpc) is 2.30. The molecule has 100 valence electrons. The summed E-state index contributed by atoms with van der Waals surface area (Å²) in [5, 5.41) is 9.82. The van der Waals surface area contributed by atoms with Crippen molar-refractivity contribution in [1.29, 1.82) is 0 Å². The Balaban J connectivity index is 2.07. The lowest BCUT2D eigenvalue weighted by atomic mass is 10.0. The number of aromatic nitrogens is 1. The van der Waals surface area contributed by atoms with Crippen LogP contribution in [0.5, 0.6) is 0 Å². The number of nitrogens with zero attached hydrogens (tertiary/aromatic N) is 2. The first kappa shape index (κ1) is 13.7. The second kappa shape index (κ2) is 5.53. The minimum atomic E-state index is -0.250. The van der Waals surface area contributed by atoms with Crippen LogP contribution in [0, 0.1) is 0 Å². The van der Waals surface area contributed by atoms with Crippen molar-refractivity contribution in [3.8, 4) is 0 Å². The summed E-state index contributed by atoms with van der Waals surface area (Å²) in [5.41, 5.74) is 0.758. The molecule has 1 fully saturated rings. The van der Waals surface area contributed by atoms with Crippen molar-refractivity contribution in [2.45, 2.75) is 32.1 Å². The molecule has 1 aromatic heterocycles. The van der Waals surface area contributed by atoms with Crippen LogP contribution in [-0.2, 0) is 11.3 Å². The van der Waals surface area contributed by atoms with Crippen molar-refractivity contribution < 1.29 is 9.84 Å². The van der Waals surface area contributed by atoms with E-state index in [9.17, 15) is 5.11 Å². The number of pyridine rings is 1. The van der Waals surface area contributed by atoms with Crippen LogP contribution >= 0.6 is 11.6 Å². The van der Waals surface area contributed by atoms with Crippen molar-refractivity contribution in [3.05, 3.63) is 29.0 Å². The molecule has 0 bridgehead atoms. The van der Waals surface area contributed by atoms with E-state index in [1.54, 1.807) is 6.20 Å². The average molecular weight is 271 g/mol. The summed E-state index contributed by atoms with van der Waals surface area (Å²) >= 11 is 6.07. The molecule has 1 aliphatic rings. The predicted octanol–water partition coefficient (Wildman–Crippen LogP) is 1.71. The predicted molar refractivity (Wildman–Crippen MR) is 70.6 cm³/mol. The summed E-state index contributed by atoms with van der Waals surface area (Å²) < 4.78 is 5.78. The molecule has 1 aromatic rings. The van der Waals surface area contributed by atoms with Gasteiger partial charge < -0.3 is 9.84 Å². The van der Waals surface area contributed by atoms with Gasteiger partial charge in [-0.25, -0.2) is 4.98 Å². The van der Waals surface area contributed by atoms with E-state index in [0.717, 1.165) is 18.7 Å². The normalized spacial score (nSPS) is 24.1. The largest absolute Gasteiger partial charge is 0.394 e. The highest BCUT2D eigenvalue weighted by molar-refractivity contribution is 6.30. The number of ether oxygens (including phenoxy) is 1. The number of rotatable bonds is 3. The highest BCUT2D eigenvalue weighted by Crippen LogP contribution is 2.23. The van der Waals surface area contributed by atoms with Crippen molar-refractivity contribution in [2.24, 2.45) is 0 Å². The number of morpholine rings is 1. The van der Waals surface area contributed by atoms with Crippen LogP contribution in [0.3, 0.4) is 0 Å². The summed E-state index contributed by atoms with van der Waals surface area (Å²) in [6.45, 7) is 6.37. The van der Waals surface area contributed by atoms with E-state index in [0.29, 0.717) is 11.7 Å². The molecule has 0 aromatic carbocycles. The SMILES string of the molecule is CC1(C)CN(Cc2cccnc2Cl)CC(CO)O1. The Morgan fingerprint density at radius 2 is 2.39 bits per heavy atom. The zero-order valence-electron chi connectivity index (χ0n) is 10.8. The molecule has 18 heavy (non-hydrogen) atoms. The molecule has 4 nitrogen and oxygen atoms in total. The quantitative estimate of drug-likeness (QED) is 0.850. The molecule has 0 saturated carbocycles. The van der Waals surface area contributed by atoms with Crippen molar-refractivity contribution in [2.75, 3.05) is 19.7 Å². The number of hydrogen-bond acceptors (Lipinski definition) is 4. The van der Waals surface area contributed by atoms with Gasteiger partial charge in [0.1, 0.15) is 5.15 Å². The first-order valence-corrected chi connectivity index (χ1v) is 6.48. The van der Waals surface area contributed by atoms with E-state index in [1.165, 1.54) is 0 Å². The van der Waals surface area contributed by atoms with E-state index in [1.807, 2.05) is 26.0 Å². The topological polar surface area (TPSA) is 45.6 Å². The zero-order chi connectivity index (χ0) is 13.2. The highest BCUT2D eigenvalue weighted by Gasteiger charge is 2.33. The Hall–Kier alpha value is -0.680. The van der Waals surface area contributed by atoms with Crippen LogP contribution in [0.2, 0.25) is 5.15 Å². The molecular weight excluding hydrogens is 252 g/mol. The Morgan fingerprint density at radius 1 is 1.61 bits per heavy atom. The van der Waals surface area contributed by atoms with E-state index in [4.69, 9.17) is 16.3 Å². The molecule has 2 heterocycles. The van der Waals surface area contributed by atoms with Gasteiger partial charge >= 0.3 is 0 Å². The number of aliphatic hydroxyl groups is 1. The summed E-state index contributed by atoms with van der Waals surface area (Å²) in [6.07, 6.45) is 1.55. The fourth-order valence-corrected chi connectivity index (χ4v) is 2.59. The van der Waals surface area contributed by atoms with Gasteiger partial charge in [0.05, 0.1) is 18.3 Å². The first-order valence-electron chi connectivity index (χ1n) is 6.10. The molecule has 0 radical (unpaired) electrons. The molecule has 1 N–H and O–H groups in total. The van der Waals surface area contributed by atoms with Crippen molar-refractivity contribution in [3.63, 3.8) is 0 Å². The third-order valence-electron chi connectivity index (χ3n) is 2.99. The number of hydrogen-bond donors (Lipinski definition) is 1. The van der Waals surface area contributed by atoms with Gasteiger partial charge in [0.2, 0.25) is 0 Å². The van der Waals surface area contributed by atoms with Crippen LogP contribution < -0.4 is 0 Å². The van der Waals surface area contributed by atoms with Gasteiger partial charge in [0, 0.05) is 31.4 Å². The van der Waals surface area contributed by atoms with E-state index in [-0.39, 0.29) is 18.3 Å². The third kappa shape index (κ3) is 3.42. The molecule has 0 spiro atoms. The standard InChI is InChI=1S/C13H19ClN2O2/c1-13(2)9-16(7-11(8-17)18-13)6-10-4-3-5-15-12(10)14/h3-5,11,17H,6-9H2,1-2H3. The lowest BCUT2D eigenvalue weighted by Gasteiger charge is -2.42. The van der Waals surface area contributed by atoms with E-state index < -0.39 is 0 Å². The van der Waals surface area contributed by atoms with Gasteiger partial charge in [0.15, 0.2) is 0 Å². The zero-order valence-corrected chi connectivity index (χ0v) is 11.5. The van der Waals surface area contributed by atoms with Gasteiger partial charge in [-0.1, -0.05) is 17.7 Å². The van der Waals surface area contributed by atoms with Gasteiger partial charge in [-0.2, -0.15) is 0 Å². The van der Waals surface area contributed by atoms with Gasteiger partial charge in [-0.15, -0.1) is 0 Å². The summed E-state index contributed by atoms with van der Waals surface area (Å²) in [7, 11) is 0. The summed E-state index contributed by atoms with van der Waals surface area (Å²) in [4.78, 5) is 6.32. The third-order valence-corrected chi connectivity index (χ3v) is 3.33. The molecule has 1 atom stereocenters. The summed E-state index contributed by atoms with van der Waals surface area (Å²) in [5.74, 6) is 0. The number of aliphatic hydroxyl groups excluding tert-OH is 1. The van der Waals surface area contributed by atoms with Gasteiger partial charge in [-0.3, -0.25) is 4.90 Å². The van der Waals surface area contributed by atoms with Crippen LogP contribution in [0.15, 0.2) is 18.3 Å². The van der Waals surface area contributed by atoms with E-state index >= 15 is 0 Å². The maximum absolute atomic E-state index is 9.27. The molecular formula is C13H19ClN2O2. The molecule has 2 rings (SSSR count). The Kier molecular flexibility index (Phi) is 4.22. The Labute approximate surface area is 113 Å². The van der Waals surface area contributed by atoms with E-state index in [2.05, 4.69) is 9.88 Å². The van der Waals surface area contributed by atoms with Crippen LogP contribution in [0.1, 0.15) is 19.4 Å². The lowest BCUT2D eigenvalue weighted by molar-refractivity contribution is -0.150. The van der Waals surface area contributed by atoms with Crippen LogP contribution in [0.25, 0.3) is 0 Å². The second-order valence-corrected chi connectivity index (χ2v) is 5.66. The second-order valence-electron chi connectivity index (χ2n) is 5.31. The Bertz CT molecular complexity index is 412. The van der Waals surface area contributed by atoms with Crippen molar-refractivity contribution in [1.82, 2.24) is 9.88 Å². The summed E-state index contributed by atoms with van der Waals surface area (Å²) in [6, 6.07) is 3.86. The highest BCUT2D eigenvalue weighted by atomic mass is 35.5. The molecule has 5 heteroatoms. The molecule has 0 amide bonds. The molecule has 0 aliphatic carbocycles. The Morgan fingerprint density at radius 3 is 3.06 bits per heavy atom. The molecule has 1 aliphatic heterocycles. The fourth-order valence-electron chi connectivity index (χ4n) is 2.41. The van der Waals surface area contributed by atoms with Gasteiger partial charge in [-0.05, 0) is 19.9 Å². The fraction of sp³-hybridized carbons (Fsp3) is 0.615. The van der Waals surface area contributed by atoms with Crippen molar-refractivity contribution >= 4 is 11.6 Å². The lowest BCUT2D eigenvalue weighted by Crippen LogP contribution is -2.53.